The molecule has 2 fully saturated rings. The van der Waals surface area contributed by atoms with Gasteiger partial charge in [-0.1, -0.05) is 46.3 Å². The third kappa shape index (κ3) is 5.71. The van der Waals surface area contributed by atoms with Crippen molar-refractivity contribution >= 4 is 21.7 Å². The summed E-state index contributed by atoms with van der Waals surface area (Å²) < 4.78 is 0. The maximum Gasteiger partial charge on any atom is 2.00 e. The largest absolute Gasteiger partial charge is 2.00 e. The fraction of sp³-hybridized carbons (Fsp3) is 0. The number of carbonyl (C=O) groups excluding carboxylic acids is 1. The summed E-state index contributed by atoms with van der Waals surface area (Å²) in [5.41, 5.74) is 0.744. The minimum absolute atomic E-state index is 0. The maximum atomic E-state index is 11.7. The molecule has 2 saturated carbocycles. The Hall–Kier alpha value is -0.111. The Morgan fingerprint density at radius 2 is 1.30 bits per heavy atom. The Morgan fingerprint density at radius 1 is 0.800 bits per heavy atom. The van der Waals surface area contributed by atoms with Gasteiger partial charge in [0.25, 0.3) is 0 Å². The molecule has 0 saturated heterocycles. The number of Topliss-reactive ketones (excluding diaryl/α,β-unsaturated/α-hetero) is 1. The van der Waals surface area contributed by atoms with Gasteiger partial charge in [0.1, 0.15) is 0 Å². The Balaban J connectivity index is 0.000000243. The molecule has 0 amide bonds. The van der Waals surface area contributed by atoms with Crippen LogP contribution < -0.4 is 0 Å². The van der Waals surface area contributed by atoms with E-state index < -0.39 is 0 Å². The second-order valence-corrected chi connectivity index (χ2v) is 4.89. The second-order valence-electron chi connectivity index (χ2n) is 3.97. The zero-order valence-corrected chi connectivity index (χ0v) is 13.3. The van der Waals surface area contributed by atoms with Crippen LogP contribution in [-0.4, -0.2) is 5.78 Å². The molecular formula is C17H13BrFeO+2. The van der Waals surface area contributed by atoms with Crippen LogP contribution in [0.3, 0.4) is 0 Å². The van der Waals surface area contributed by atoms with Crippen LogP contribution in [0, 0.1) is 62.1 Å². The van der Waals surface area contributed by atoms with Crippen molar-refractivity contribution in [3.05, 3.63) is 98.0 Å². The Bertz CT molecular complexity index is 381. The molecule has 0 atom stereocenters. The summed E-state index contributed by atoms with van der Waals surface area (Å²) in [5.74, 6) is 0.844. The van der Waals surface area contributed by atoms with Crippen LogP contribution >= 0.6 is 15.9 Å². The van der Waals surface area contributed by atoms with E-state index in [2.05, 4.69) is 15.9 Å². The van der Waals surface area contributed by atoms with Crippen molar-refractivity contribution in [2.75, 3.05) is 0 Å². The maximum absolute atomic E-state index is 11.7. The fourth-order valence-corrected chi connectivity index (χ4v) is 1.94. The fourth-order valence-electron chi connectivity index (χ4n) is 1.63. The first-order chi connectivity index (χ1) is 9.27. The Kier molecular flexibility index (Phi) is 8.75. The zero-order chi connectivity index (χ0) is 13.5. The van der Waals surface area contributed by atoms with E-state index in [1.807, 2.05) is 81.7 Å². The summed E-state index contributed by atoms with van der Waals surface area (Å²) in [4.78, 5) is 12.9. The third-order valence-electron chi connectivity index (χ3n) is 2.58. The molecule has 100 valence electrons. The average Bonchev–Trinajstić information content (AvgIpc) is 3.12. The van der Waals surface area contributed by atoms with Gasteiger partial charge in [0, 0.05) is 10.4 Å². The standard InChI is InChI=1S/C12H9O.C5H4Br.Fe/c13-12(11-8-4-5-9-11)10-6-2-1-3-7-10;6-5-3-1-2-4-5;/h1-9H;1-4H;/q;;+2. The normalized spacial score (nSPS) is 19.1. The van der Waals surface area contributed by atoms with Gasteiger partial charge in [-0.25, -0.2) is 0 Å². The molecular weight excluding hydrogens is 356 g/mol. The molecule has 1 aromatic rings. The van der Waals surface area contributed by atoms with E-state index in [1.54, 1.807) is 0 Å². The van der Waals surface area contributed by atoms with Crippen LogP contribution in [0.2, 0.25) is 0 Å². The topological polar surface area (TPSA) is 17.1 Å². The molecule has 0 unspecified atom stereocenters. The number of hydrogen-bond donors (Lipinski definition) is 0. The minimum atomic E-state index is 0. The molecule has 2 aliphatic carbocycles. The van der Waals surface area contributed by atoms with Crippen molar-refractivity contribution in [1.29, 1.82) is 0 Å². The molecule has 0 N–H and O–H groups in total. The molecule has 0 aromatic heterocycles. The molecule has 3 rings (SSSR count). The Morgan fingerprint density at radius 3 is 1.75 bits per heavy atom. The van der Waals surface area contributed by atoms with Gasteiger partial charge in [-0.2, -0.15) is 0 Å². The van der Waals surface area contributed by atoms with E-state index in [1.165, 1.54) is 0 Å². The van der Waals surface area contributed by atoms with Crippen LogP contribution in [0.15, 0.2) is 30.3 Å². The van der Waals surface area contributed by atoms with E-state index in [0.717, 1.165) is 16.3 Å². The molecule has 0 bridgehead atoms. The molecule has 2 aliphatic rings. The summed E-state index contributed by atoms with van der Waals surface area (Å²) in [5, 5.41) is 0. The van der Waals surface area contributed by atoms with Crippen molar-refractivity contribution in [1.82, 2.24) is 0 Å². The third-order valence-corrected chi connectivity index (χ3v) is 3.11. The molecule has 20 heavy (non-hydrogen) atoms. The predicted molar refractivity (Wildman–Crippen MR) is 80.6 cm³/mol. The van der Waals surface area contributed by atoms with Crippen LogP contribution in [0.5, 0.6) is 0 Å². The molecule has 0 spiro atoms. The quantitative estimate of drug-likeness (QED) is 0.569. The van der Waals surface area contributed by atoms with E-state index in [9.17, 15) is 4.79 Å². The van der Waals surface area contributed by atoms with Crippen LogP contribution in [0.1, 0.15) is 10.4 Å². The van der Waals surface area contributed by atoms with Gasteiger partial charge in [0.15, 0.2) is 5.78 Å². The SMILES string of the molecule is Br[C]1[CH][CH][CH][CH]1.O=C([C]1[CH][CH][CH][CH]1)c1ccccc1.[Fe+2]. The average molecular weight is 369 g/mol. The summed E-state index contributed by atoms with van der Waals surface area (Å²) in [6.45, 7) is 0. The van der Waals surface area contributed by atoms with E-state index in [-0.39, 0.29) is 22.9 Å². The van der Waals surface area contributed by atoms with Crippen molar-refractivity contribution in [3.63, 3.8) is 0 Å². The van der Waals surface area contributed by atoms with Gasteiger partial charge in [0.2, 0.25) is 0 Å². The summed E-state index contributed by atoms with van der Waals surface area (Å²) in [6, 6.07) is 9.30. The first-order valence-corrected chi connectivity index (χ1v) is 6.75. The summed E-state index contributed by atoms with van der Waals surface area (Å²) in [6.07, 6.45) is 15.4. The summed E-state index contributed by atoms with van der Waals surface area (Å²) >= 11 is 3.28. The number of carbonyl (C=O) groups is 1. The van der Waals surface area contributed by atoms with Crippen molar-refractivity contribution < 1.29 is 21.9 Å². The van der Waals surface area contributed by atoms with Gasteiger partial charge in [-0.05, 0) is 51.4 Å². The van der Waals surface area contributed by atoms with Gasteiger partial charge < -0.3 is 0 Å². The van der Waals surface area contributed by atoms with Crippen molar-refractivity contribution in [3.8, 4) is 0 Å². The van der Waals surface area contributed by atoms with Crippen molar-refractivity contribution in [2.45, 2.75) is 0 Å². The van der Waals surface area contributed by atoms with Crippen molar-refractivity contribution in [2.24, 2.45) is 0 Å². The first kappa shape index (κ1) is 17.9. The number of halogens is 1. The van der Waals surface area contributed by atoms with Gasteiger partial charge >= 0.3 is 17.1 Å². The Labute approximate surface area is 141 Å². The molecule has 1 nitrogen and oxygen atoms in total. The second kappa shape index (κ2) is 9.76. The first-order valence-electron chi connectivity index (χ1n) is 5.96. The number of benzene rings is 1. The number of rotatable bonds is 2. The molecule has 0 aliphatic heterocycles. The van der Waals surface area contributed by atoms with Crippen LogP contribution in [0.4, 0.5) is 0 Å². The molecule has 0 heterocycles. The minimum Gasteiger partial charge on any atom is -0.293 e. The smallest absolute Gasteiger partial charge is 0.293 e. The number of ketones is 1. The van der Waals surface area contributed by atoms with Gasteiger partial charge in [-0.3, -0.25) is 4.79 Å². The van der Waals surface area contributed by atoms with Crippen LogP contribution in [0.25, 0.3) is 0 Å². The molecule has 10 radical (unpaired) electrons. The molecule has 1 aromatic carbocycles. The zero-order valence-electron chi connectivity index (χ0n) is 10.6. The summed E-state index contributed by atoms with van der Waals surface area (Å²) in [7, 11) is 0. The van der Waals surface area contributed by atoms with E-state index in [4.69, 9.17) is 0 Å². The molecule has 3 heteroatoms. The van der Waals surface area contributed by atoms with Gasteiger partial charge in [-0.15, -0.1) is 0 Å². The van der Waals surface area contributed by atoms with E-state index >= 15 is 0 Å². The predicted octanol–water partition coefficient (Wildman–Crippen LogP) is 4.02. The van der Waals surface area contributed by atoms with Crippen LogP contribution in [-0.2, 0) is 17.1 Å². The van der Waals surface area contributed by atoms with Gasteiger partial charge in [0.05, 0.1) is 5.92 Å². The monoisotopic (exact) mass is 368 g/mol. The number of hydrogen-bond acceptors (Lipinski definition) is 1. The van der Waals surface area contributed by atoms with E-state index in [0.29, 0.717) is 0 Å².